The molecule has 0 aliphatic carbocycles. The molecule has 0 aromatic carbocycles. The Morgan fingerprint density at radius 1 is 1.37 bits per heavy atom. The molecule has 0 amide bonds. The number of hydrogen-bond donors (Lipinski definition) is 2. The number of aromatic carboxylic acids is 1. The van der Waals surface area contributed by atoms with Gasteiger partial charge in [-0.3, -0.25) is 4.98 Å². The molecule has 7 heteroatoms. The Balaban J connectivity index is 2.14. The minimum atomic E-state index is -1.08. The average molecular weight is 261 g/mol. The maximum Gasteiger partial charge on any atom is 0.358 e. The number of aryl methyl sites for hydroxylation is 2. The highest BCUT2D eigenvalue weighted by atomic mass is 16.4. The lowest BCUT2D eigenvalue weighted by atomic mass is 10.2. The van der Waals surface area contributed by atoms with Crippen LogP contribution in [0.15, 0.2) is 24.4 Å². The van der Waals surface area contributed by atoms with Crippen molar-refractivity contribution in [3.63, 3.8) is 0 Å². The second-order valence-corrected chi connectivity index (χ2v) is 4.02. The summed E-state index contributed by atoms with van der Waals surface area (Å²) in [6, 6.07) is 5.67. The zero-order chi connectivity index (χ0) is 13.7. The third-order valence-electron chi connectivity index (χ3n) is 2.73. The monoisotopic (exact) mass is 261 g/mol. The largest absolute Gasteiger partial charge is 0.476 e. The van der Waals surface area contributed by atoms with Crippen molar-refractivity contribution in [2.45, 2.75) is 19.4 Å². The fraction of sp³-hybridized carbons (Fsp3) is 0.333. The first kappa shape index (κ1) is 13.2. The fourth-order valence-electron chi connectivity index (χ4n) is 1.83. The molecule has 7 nitrogen and oxygen atoms in total. The van der Waals surface area contributed by atoms with Crippen molar-refractivity contribution in [2.24, 2.45) is 5.73 Å². The van der Waals surface area contributed by atoms with Crippen LogP contribution in [0.2, 0.25) is 0 Å². The molecule has 2 heterocycles. The number of aromatic nitrogens is 4. The first-order valence-corrected chi connectivity index (χ1v) is 5.98. The normalized spacial score (nSPS) is 10.6. The molecule has 19 heavy (non-hydrogen) atoms. The van der Waals surface area contributed by atoms with Gasteiger partial charge in [-0.15, -0.1) is 5.10 Å². The van der Waals surface area contributed by atoms with Crippen molar-refractivity contribution in [3.05, 3.63) is 41.5 Å². The topological polar surface area (TPSA) is 107 Å². The molecule has 0 fully saturated rings. The van der Waals surface area contributed by atoms with Gasteiger partial charge in [-0.05, 0) is 18.7 Å². The van der Waals surface area contributed by atoms with Crippen LogP contribution in [0.3, 0.4) is 0 Å². The zero-order valence-electron chi connectivity index (χ0n) is 10.4. The predicted molar refractivity (Wildman–Crippen MR) is 67.7 cm³/mol. The maximum atomic E-state index is 11.0. The lowest BCUT2D eigenvalue weighted by Gasteiger charge is -2.05. The van der Waals surface area contributed by atoms with Crippen molar-refractivity contribution in [1.29, 1.82) is 0 Å². The van der Waals surface area contributed by atoms with E-state index in [1.165, 1.54) is 0 Å². The third kappa shape index (κ3) is 3.14. The van der Waals surface area contributed by atoms with Gasteiger partial charge in [0.05, 0.1) is 5.69 Å². The van der Waals surface area contributed by atoms with Crippen molar-refractivity contribution < 1.29 is 9.90 Å². The molecule has 0 atom stereocenters. The summed E-state index contributed by atoms with van der Waals surface area (Å²) in [5, 5.41) is 16.6. The van der Waals surface area contributed by atoms with Crippen LogP contribution in [0.1, 0.15) is 21.9 Å². The van der Waals surface area contributed by atoms with E-state index in [9.17, 15) is 4.79 Å². The summed E-state index contributed by atoms with van der Waals surface area (Å²) in [6.45, 7) is 0.893. The molecule has 0 bridgehead atoms. The minimum absolute atomic E-state index is 0.0218. The number of carbonyl (C=O) groups is 1. The van der Waals surface area contributed by atoms with Crippen LogP contribution < -0.4 is 5.73 Å². The van der Waals surface area contributed by atoms with Crippen LogP contribution in [0.4, 0.5) is 0 Å². The first-order chi connectivity index (χ1) is 9.22. The molecule has 0 radical (unpaired) electrons. The molecule has 3 N–H and O–H groups in total. The van der Waals surface area contributed by atoms with E-state index in [2.05, 4.69) is 15.3 Å². The van der Waals surface area contributed by atoms with E-state index in [1.807, 2.05) is 18.2 Å². The van der Waals surface area contributed by atoms with Gasteiger partial charge in [0, 0.05) is 31.3 Å². The zero-order valence-corrected chi connectivity index (χ0v) is 10.4. The van der Waals surface area contributed by atoms with E-state index >= 15 is 0 Å². The Morgan fingerprint density at radius 3 is 2.84 bits per heavy atom. The molecule has 0 saturated heterocycles. The van der Waals surface area contributed by atoms with Crippen LogP contribution >= 0.6 is 0 Å². The molecule has 100 valence electrons. The van der Waals surface area contributed by atoms with Gasteiger partial charge in [0.15, 0.2) is 5.69 Å². The summed E-state index contributed by atoms with van der Waals surface area (Å²) in [7, 11) is 0. The molecule has 0 aliphatic heterocycles. The Morgan fingerprint density at radius 2 is 2.21 bits per heavy atom. The highest BCUT2D eigenvalue weighted by Gasteiger charge is 2.17. The van der Waals surface area contributed by atoms with Gasteiger partial charge in [0.1, 0.15) is 0 Å². The van der Waals surface area contributed by atoms with E-state index in [0.717, 1.165) is 5.69 Å². The lowest BCUT2D eigenvalue weighted by molar-refractivity contribution is 0.0689. The second-order valence-electron chi connectivity index (χ2n) is 4.02. The number of hydrogen-bond acceptors (Lipinski definition) is 5. The number of pyridine rings is 1. The summed E-state index contributed by atoms with van der Waals surface area (Å²) in [5.41, 5.74) is 6.95. The second kappa shape index (κ2) is 6.05. The maximum absolute atomic E-state index is 11.0. The quantitative estimate of drug-likeness (QED) is 0.764. The van der Waals surface area contributed by atoms with E-state index in [0.29, 0.717) is 31.6 Å². The Labute approximate surface area is 110 Å². The van der Waals surface area contributed by atoms with Crippen molar-refractivity contribution in [1.82, 2.24) is 20.0 Å². The summed E-state index contributed by atoms with van der Waals surface area (Å²) in [6.07, 6.45) is 2.83. The van der Waals surface area contributed by atoms with Crippen LogP contribution in [0.25, 0.3) is 0 Å². The molecule has 2 aromatic heterocycles. The Bertz CT molecular complexity index is 553. The fourth-order valence-corrected chi connectivity index (χ4v) is 1.83. The molecule has 0 unspecified atom stereocenters. The third-order valence-corrected chi connectivity index (χ3v) is 2.73. The lowest BCUT2D eigenvalue weighted by Crippen LogP contribution is -2.14. The van der Waals surface area contributed by atoms with Crippen LogP contribution in [0.5, 0.6) is 0 Å². The predicted octanol–water partition coefficient (Wildman–Crippen LogP) is 0.115. The molecular weight excluding hydrogens is 246 g/mol. The van der Waals surface area contributed by atoms with Gasteiger partial charge in [-0.1, -0.05) is 11.3 Å². The smallest absolute Gasteiger partial charge is 0.358 e. The number of nitrogens with two attached hydrogens (primary N) is 1. The van der Waals surface area contributed by atoms with Crippen LogP contribution in [0, 0.1) is 0 Å². The van der Waals surface area contributed by atoms with Crippen LogP contribution in [-0.4, -0.2) is 37.6 Å². The van der Waals surface area contributed by atoms with Gasteiger partial charge in [-0.25, -0.2) is 9.48 Å². The summed E-state index contributed by atoms with van der Waals surface area (Å²) in [4.78, 5) is 15.2. The number of carboxylic acids is 1. The standard InChI is InChI=1S/C12H15N5O2/c13-6-4-10-11(12(18)19)15-16-17(10)8-5-9-3-1-2-7-14-9/h1-3,7H,4-6,8,13H2,(H,18,19). The van der Waals surface area contributed by atoms with E-state index < -0.39 is 5.97 Å². The summed E-state index contributed by atoms with van der Waals surface area (Å²) < 4.78 is 1.59. The first-order valence-electron chi connectivity index (χ1n) is 5.98. The van der Waals surface area contributed by atoms with Gasteiger partial charge in [0.25, 0.3) is 0 Å². The Kier molecular flexibility index (Phi) is 4.19. The molecule has 2 aromatic rings. The highest BCUT2D eigenvalue weighted by Crippen LogP contribution is 2.07. The van der Waals surface area contributed by atoms with Crippen molar-refractivity contribution in [3.8, 4) is 0 Å². The van der Waals surface area contributed by atoms with E-state index in [-0.39, 0.29) is 5.69 Å². The minimum Gasteiger partial charge on any atom is -0.476 e. The van der Waals surface area contributed by atoms with Gasteiger partial charge < -0.3 is 10.8 Å². The Hall–Kier alpha value is -2.28. The number of nitrogens with zero attached hydrogens (tertiary/aromatic N) is 4. The van der Waals surface area contributed by atoms with Gasteiger partial charge in [0.2, 0.25) is 0 Å². The average Bonchev–Trinajstić information content (AvgIpc) is 2.81. The molecular formula is C12H15N5O2. The molecule has 0 saturated carbocycles. The summed E-state index contributed by atoms with van der Waals surface area (Å²) in [5.74, 6) is -1.08. The molecule has 0 aliphatic rings. The summed E-state index contributed by atoms with van der Waals surface area (Å²) >= 11 is 0. The molecule has 2 rings (SSSR count). The molecule has 0 spiro atoms. The number of rotatable bonds is 6. The van der Waals surface area contributed by atoms with Gasteiger partial charge >= 0.3 is 5.97 Å². The van der Waals surface area contributed by atoms with Gasteiger partial charge in [-0.2, -0.15) is 0 Å². The number of carboxylic acid groups (broad SMARTS) is 1. The van der Waals surface area contributed by atoms with Crippen molar-refractivity contribution in [2.75, 3.05) is 6.54 Å². The van der Waals surface area contributed by atoms with Crippen LogP contribution in [-0.2, 0) is 19.4 Å². The highest BCUT2D eigenvalue weighted by molar-refractivity contribution is 5.86. The SMILES string of the molecule is NCCc1c(C(=O)O)nnn1CCc1ccccn1. The van der Waals surface area contributed by atoms with E-state index in [4.69, 9.17) is 10.8 Å². The van der Waals surface area contributed by atoms with E-state index in [1.54, 1.807) is 10.9 Å². The van der Waals surface area contributed by atoms with Crippen molar-refractivity contribution >= 4 is 5.97 Å².